The lowest BCUT2D eigenvalue weighted by Gasteiger charge is -2.20. The van der Waals surface area contributed by atoms with Crippen molar-refractivity contribution in [3.8, 4) is 0 Å². The lowest BCUT2D eigenvalue weighted by atomic mass is 10.2. The van der Waals surface area contributed by atoms with Crippen LogP contribution in [0.3, 0.4) is 0 Å². The molecule has 0 atom stereocenters. The highest BCUT2D eigenvalue weighted by molar-refractivity contribution is 5.35. The van der Waals surface area contributed by atoms with E-state index in [-0.39, 0.29) is 0 Å². The van der Waals surface area contributed by atoms with E-state index in [9.17, 15) is 0 Å². The van der Waals surface area contributed by atoms with E-state index in [0.717, 1.165) is 17.9 Å². The van der Waals surface area contributed by atoms with Crippen molar-refractivity contribution in [3.05, 3.63) is 35.8 Å². The van der Waals surface area contributed by atoms with Crippen LogP contribution in [0.5, 0.6) is 0 Å². The van der Waals surface area contributed by atoms with Gasteiger partial charge >= 0.3 is 0 Å². The largest absolute Gasteiger partial charge is 0.396 e. The van der Waals surface area contributed by atoms with Crippen molar-refractivity contribution in [2.24, 2.45) is 5.73 Å². The van der Waals surface area contributed by atoms with Crippen LogP contribution in [-0.4, -0.2) is 11.6 Å². The number of rotatable bonds is 0. The maximum Gasteiger partial charge on any atom is 0.0820 e. The minimum atomic E-state index is 0.810. The number of hydrogen-bond acceptors (Lipinski definition) is 3. The Labute approximate surface area is 59.5 Å². The molecule has 0 fully saturated rings. The molecule has 0 spiro atoms. The SMILES string of the molecule is NC1=CNN2CC=CC=C12. The van der Waals surface area contributed by atoms with E-state index in [2.05, 4.69) is 11.5 Å². The zero-order valence-electron chi connectivity index (χ0n) is 5.54. The molecule has 2 heterocycles. The van der Waals surface area contributed by atoms with Gasteiger partial charge in [0.1, 0.15) is 0 Å². The molecule has 2 aliphatic heterocycles. The zero-order valence-corrected chi connectivity index (χ0v) is 5.54. The predicted octanol–water partition coefficient (Wildman–Crippen LogP) is 0.0604. The first-order valence-electron chi connectivity index (χ1n) is 3.24. The van der Waals surface area contributed by atoms with Crippen LogP contribution in [0.4, 0.5) is 0 Å². The molecular formula is C7H9N3. The first-order valence-corrected chi connectivity index (χ1v) is 3.24. The number of hydrazine groups is 1. The Hall–Kier alpha value is -1.38. The van der Waals surface area contributed by atoms with Crippen molar-refractivity contribution in [1.82, 2.24) is 10.4 Å². The van der Waals surface area contributed by atoms with Gasteiger partial charge in [-0.1, -0.05) is 12.2 Å². The van der Waals surface area contributed by atoms with Gasteiger partial charge in [-0.25, -0.2) is 0 Å². The number of nitrogens with two attached hydrogens (primary N) is 1. The lowest BCUT2D eigenvalue weighted by Crippen LogP contribution is -2.30. The fraction of sp³-hybridized carbons (Fsp3) is 0.143. The molecule has 10 heavy (non-hydrogen) atoms. The van der Waals surface area contributed by atoms with Crippen LogP contribution in [0.2, 0.25) is 0 Å². The normalized spacial score (nSPS) is 21.4. The second kappa shape index (κ2) is 1.80. The predicted molar refractivity (Wildman–Crippen MR) is 39.3 cm³/mol. The first kappa shape index (κ1) is 5.41. The summed E-state index contributed by atoms with van der Waals surface area (Å²) >= 11 is 0. The van der Waals surface area contributed by atoms with Crippen molar-refractivity contribution in [1.29, 1.82) is 0 Å². The number of fused-ring (bicyclic) bond motifs is 1. The highest BCUT2D eigenvalue weighted by Crippen LogP contribution is 2.16. The van der Waals surface area contributed by atoms with Gasteiger partial charge in [0, 0.05) is 6.20 Å². The average Bonchev–Trinajstić information content (AvgIpc) is 2.34. The van der Waals surface area contributed by atoms with Crippen LogP contribution >= 0.6 is 0 Å². The molecule has 0 saturated carbocycles. The molecule has 3 heteroatoms. The summed E-state index contributed by atoms with van der Waals surface area (Å²) in [7, 11) is 0. The van der Waals surface area contributed by atoms with Gasteiger partial charge in [-0.15, -0.1) is 0 Å². The molecule has 3 N–H and O–H groups in total. The molecule has 0 aromatic rings. The fourth-order valence-electron chi connectivity index (χ4n) is 1.11. The summed E-state index contributed by atoms with van der Waals surface area (Å²) in [6.07, 6.45) is 7.89. The quantitative estimate of drug-likeness (QED) is 0.493. The molecule has 52 valence electrons. The van der Waals surface area contributed by atoms with E-state index in [1.807, 2.05) is 17.2 Å². The van der Waals surface area contributed by atoms with Gasteiger partial charge < -0.3 is 11.2 Å². The van der Waals surface area contributed by atoms with Crippen LogP contribution in [0.15, 0.2) is 35.8 Å². The summed E-state index contributed by atoms with van der Waals surface area (Å²) in [5.74, 6) is 0. The Kier molecular flexibility index (Phi) is 0.974. The number of nitrogens with zero attached hydrogens (tertiary/aromatic N) is 1. The molecule has 0 amide bonds. The second-order valence-corrected chi connectivity index (χ2v) is 2.32. The van der Waals surface area contributed by atoms with Gasteiger partial charge in [-0.3, -0.25) is 5.01 Å². The summed E-state index contributed by atoms with van der Waals surface area (Å²) in [4.78, 5) is 0. The van der Waals surface area contributed by atoms with Crippen LogP contribution < -0.4 is 11.2 Å². The standard InChI is InChI=1S/C7H9N3/c8-6-5-9-10-4-2-1-3-7(6)10/h1-3,5,9H,4,8H2. The van der Waals surface area contributed by atoms with Crippen LogP contribution in [-0.2, 0) is 0 Å². The van der Waals surface area contributed by atoms with Crippen LogP contribution in [0, 0.1) is 0 Å². The molecule has 0 aromatic heterocycles. The second-order valence-electron chi connectivity index (χ2n) is 2.32. The summed E-state index contributed by atoms with van der Waals surface area (Å²) in [5, 5.41) is 2.00. The maximum absolute atomic E-state index is 5.64. The van der Waals surface area contributed by atoms with Crippen molar-refractivity contribution < 1.29 is 0 Å². The molecule has 3 nitrogen and oxygen atoms in total. The Bertz CT molecular complexity index is 237. The molecule has 0 saturated heterocycles. The van der Waals surface area contributed by atoms with Gasteiger partial charge in [0.15, 0.2) is 0 Å². The zero-order chi connectivity index (χ0) is 6.97. The average molecular weight is 135 g/mol. The number of hydrogen-bond donors (Lipinski definition) is 2. The minimum Gasteiger partial charge on any atom is -0.396 e. The molecule has 2 rings (SSSR count). The molecule has 2 aliphatic rings. The first-order chi connectivity index (χ1) is 4.88. The van der Waals surface area contributed by atoms with Crippen molar-refractivity contribution in [3.63, 3.8) is 0 Å². The molecule has 0 bridgehead atoms. The van der Waals surface area contributed by atoms with Crippen molar-refractivity contribution in [2.45, 2.75) is 0 Å². The van der Waals surface area contributed by atoms with E-state index < -0.39 is 0 Å². The van der Waals surface area contributed by atoms with Gasteiger partial charge in [0.25, 0.3) is 0 Å². The van der Waals surface area contributed by atoms with E-state index in [1.165, 1.54) is 0 Å². The van der Waals surface area contributed by atoms with Gasteiger partial charge in [-0.05, 0) is 6.08 Å². The van der Waals surface area contributed by atoms with Gasteiger partial charge in [0.05, 0.1) is 17.9 Å². The van der Waals surface area contributed by atoms with Crippen molar-refractivity contribution in [2.75, 3.05) is 6.54 Å². The Balaban J connectivity index is 2.34. The third-order valence-electron chi connectivity index (χ3n) is 1.64. The lowest BCUT2D eigenvalue weighted by molar-refractivity contribution is 0.342. The van der Waals surface area contributed by atoms with E-state index in [0.29, 0.717) is 0 Å². The summed E-state index contributed by atoms with van der Waals surface area (Å²) in [5.41, 5.74) is 10.6. The Morgan fingerprint density at radius 1 is 1.60 bits per heavy atom. The summed E-state index contributed by atoms with van der Waals surface area (Å²) < 4.78 is 0. The Morgan fingerprint density at radius 3 is 3.30 bits per heavy atom. The van der Waals surface area contributed by atoms with Crippen molar-refractivity contribution >= 4 is 0 Å². The van der Waals surface area contributed by atoms with Gasteiger partial charge in [-0.2, -0.15) is 0 Å². The number of nitrogens with one attached hydrogen (secondary N) is 1. The Morgan fingerprint density at radius 2 is 2.50 bits per heavy atom. The van der Waals surface area contributed by atoms with Gasteiger partial charge in [0.2, 0.25) is 0 Å². The van der Waals surface area contributed by atoms with E-state index >= 15 is 0 Å². The molecular weight excluding hydrogens is 126 g/mol. The fourth-order valence-corrected chi connectivity index (χ4v) is 1.11. The minimum absolute atomic E-state index is 0.810. The monoisotopic (exact) mass is 135 g/mol. The van der Waals surface area contributed by atoms with Crippen LogP contribution in [0.1, 0.15) is 0 Å². The highest BCUT2D eigenvalue weighted by Gasteiger charge is 2.16. The topological polar surface area (TPSA) is 41.3 Å². The smallest absolute Gasteiger partial charge is 0.0820 e. The molecule has 0 radical (unpaired) electrons. The third kappa shape index (κ3) is 0.603. The van der Waals surface area contributed by atoms with E-state index in [1.54, 1.807) is 6.20 Å². The molecule has 0 unspecified atom stereocenters. The maximum atomic E-state index is 5.64. The van der Waals surface area contributed by atoms with E-state index in [4.69, 9.17) is 5.73 Å². The summed E-state index contributed by atoms with van der Waals surface area (Å²) in [6.45, 7) is 0.892. The highest BCUT2D eigenvalue weighted by atomic mass is 15.5. The molecule has 0 aliphatic carbocycles. The third-order valence-corrected chi connectivity index (χ3v) is 1.64. The summed E-state index contributed by atoms with van der Waals surface area (Å²) in [6, 6.07) is 0. The number of allylic oxidation sites excluding steroid dienone is 2. The van der Waals surface area contributed by atoms with Crippen LogP contribution in [0.25, 0.3) is 0 Å². The molecule has 0 aromatic carbocycles.